The molecule has 0 radical (unpaired) electrons. The quantitative estimate of drug-likeness (QED) is 0.345. The molecule has 0 aromatic rings. The van der Waals surface area contributed by atoms with Gasteiger partial charge in [-0.2, -0.15) is 0 Å². The van der Waals surface area contributed by atoms with Crippen molar-refractivity contribution in [1.82, 2.24) is 0 Å². The molecule has 1 aliphatic rings. The first-order chi connectivity index (χ1) is 4.88. The van der Waals surface area contributed by atoms with E-state index in [0.717, 1.165) is 18.4 Å². The van der Waals surface area contributed by atoms with Gasteiger partial charge >= 0.3 is 73.9 Å². The summed E-state index contributed by atoms with van der Waals surface area (Å²) in [5.74, 6) is 2.24. The summed E-state index contributed by atoms with van der Waals surface area (Å²) in [6.07, 6.45) is 2.94. The third kappa shape index (κ3) is 2.74. The fraction of sp³-hybridized carbons (Fsp3) is 1.00. The van der Waals surface area contributed by atoms with Gasteiger partial charge in [0.15, 0.2) is 0 Å². The van der Waals surface area contributed by atoms with Crippen LogP contribution in [0.1, 0.15) is 19.8 Å². The van der Waals surface area contributed by atoms with Crippen molar-refractivity contribution >= 4 is 0 Å². The molecule has 1 nitrogen and oxygen atoms in total. The SMILES string of the molecule is CCC1CC1C[I-]CCN. The van der Waals surface area contributed by atoms with E-state index in [0.29, 0.717) is 21.2 Å². The van der Waals surface area contributed by atoms with Crippen LogP contribution in [-0.4, -0.2) is 15.4 Å². The molecule has 2 N–H and O–H groups in total. The van der Waals surface area contributed by atoms with Crippen LogP contribution in [0, 0.1) is 11.8 Å². The molecule has 0 aromatic carbocycles. The van der Waals surface area contributed by atoms with E-state index in [-0.39, 0.29) is 0 Å². The zero-order valence-electron chi connectivity index (χ0n) is 6.65. The second-order valence-corrected chi connectivity index (χ2v) is 6.02. The summed E-state index contributed by atoms with van der Waals surface area (Å²) in [5.41, 5.74) is 5.43. The van der Waals surface area contributed by atoms with Gasteiger partial charge in [-0.3, -0.25) is 0 Å². The maximum absolute atomic E-state index is 5.43. The third-order valence-electron chi connectivity index (χ3n) is 2.14. The predicted octanol–water partition coefficient (Wildman–Crippen LogP) is -1.92. The van der Waals surface area contributed by atoms with Gasteiger partial charge < -0.3 is 0 Å². The van der Waals surface area contributed by atoms with Crippen molar-refractivity contribution in [2.45, 2.75) is 19.8 Å². The Bertz CT molecular complexity index is 95.3. The molecule has 1 rings (SSSR count). The molecule has 1 fully saturated rings. The van der Waals surface area contributed by atoms with E-state index in [9.17, 15) is 0 Å². The van der Waals surface area contributed by atoms with Gasteiger partial charge in [-0.1, -0.05) is 0 Å². The van der Waals surface area contributed by atoms with Crippen LogP contribution >= 0.6 is 0 Å². The van der Waals surface area contributed by atoms with Gasteiger partial charge in [-0.25, -0.2) is 0 Å². The summed E-state index contributed by atoms with van der Waals surface area (Å²) in [4.78, 5) is 0. The first kappa shape index (κ1) is 8.78. The van der Waals surface area contributed by atoms with E-state index < -0.39 is 0 Å². The van der Waals surface area contributed by atoms with Crippen LogP contribution in [0.15, 0.2) is 0 Å². The Kier molecular flexibility index (Phi) is 3.99. The van der Waals surface area contributed by atoms with E-state index in [1.54, 1.807) is 4.43 Å². The summed E-state index contributed by atoms with van der Waals surface area (Å²) in [6.45, 7) is 3.24. The zero-order valence-corrected chi connectivity index (χ0v) is 8.80. The monoisotopic (exact) mass is 254 g/mol. The standard InChI is InChI=1S/C8H17IN/c1-2-7-5-8(7)6-9-3-4-10/h7-8H,2-6,10H2,1H3/q-1. The van der Waals surface area contributed by atoms with E-state index in [1.165, 1.54) is 17.3 Å². The van der Waals surface area contributed by atoms with Crippen molar-refractivity contribution in [1.29, 1.82) is 0 Å². The average molecular weight is 254 g/mol. The van der Waals surface area contributed by atoms with Crippen molar-refractivity contribution in [3.05, 3.63) is 0 Å². The first-order valence-corrected chi connectivity index (χ1v) is 7.17. The van der Waals surface area contributed by atoms with E-state index in [1.807, 2.05) is 0 Å². The Hall–Kier alpha value is 0.690. The predicted molar refractivity (Wildman–Crippen MR) is 40.7 cm³/mol. The molecule has 0 aliphatic heterocycles. The third-order valence-corrected chi connectivity index (χ3v) is 5.28. The van der Waals surface area contributed by atoms with Crippen molar-refractivity contribution in [2.75, 3.05) is 15.4 Å². The molecule has 62 valence electrons. The maximum atomic E-state index is 5.43. The van der Waals surface area contributed by atoms with Crippen LogP contribution in [-0.2, 0) is 0 Å². The molecule has 10 heavy (non-hydrogen) atoms. The van der Waals surface area contributed by atoms with Gasteiger partial charge in [0, 0.05) is 0 Å². The van der Waals surface area contributed by atoms with Gasteiger partial charge in [-0.15, -0.1) is 0 Å². The van der Waals surface area contributed by atoms with Gasteiger partial charge in [0.25, 0.3) is 0 Å². The number of alkyl halides is 2. The Morgan fingerprint density at radius 3 is 2.80 bits per heavy atom. The van der Waals surface area contributed by atoms with Crippen LogP contribution in [0.2, 0.25) is 0 Å². The second kappa shape index (κ2) is 4.54. The van der Waals surface area contributed by atoms with E-state index >= 15 is 0 Å². The van der Waals surface area contributed by atoms with Crippen LogP contribution in [0.3, 0.4) is 0 Å². The average Bonchev–Trinajstić information content (AvgIpc) is 2.68. The van der Waals surface area contributed by atoms with Crippen LogP contribution in [0.25, 0.3) is 0 Å². The van der Waals surface area contributed by atoms with Crippen molar-refractivity contribution in [3.8, 4) is 0 Å². The number of hydrogen-bond donors (Lipinski definition) is 1. The van der Waals surface area contributed by atoms with Crippen molar-refractivity contribution < 1.29 is 21.2 Å². The molecule has 0 bridgehead atoms. The minimum absolute atomic E-state index is 0.489. The molecule has 0 aromatic heterocycles. The van der Waals surface area contributed by atoms with E-state index in [4.69, 9.17) is 5.73 Å². The second-order valence-electron chi connectivity index (χ2n) is 2.99. The normalized spacial score (nSPS) is 31.0. The van der Waals surface area contributed by atoms with Gasteiger partial charge in [0.05, 0.1) is 0 Å². The molecular weight excluding hydrogens is 237 g/mol. The number of hydrogen-bond acceptors (Lipinski definition) is 1. The van der Waals surface area contributed by atoms with E-state index in [2.05, 4.69) is 6.92 Å². The summed E-state index contributed by atoms with van der Waals surface area (Å²) in [7, 11) is 0. The van der Waals surface area contributed by atoms with Crippen LogP contribution < -0.4 is 26.9 Å². The molecule has 2 unspecified atom stereocenters. The Labute approximate surface area is 74.0 Å². The Balaban J connectivity index is 1.87. The molecule has 2 heteroatoms. The summed E-state index contributed by atoms with van der Waals surface area (Å²) < 4.78 is 2.89. The van der Waals surface area contributed by atoms with Crippen LogP contribution in [0.5, 0.6) is 0 Å². The Morgan fingerprint density at radius 1 is 1.50 bits per heavy atom. The van der Waals surface area contributed by atoms with Gasteiger partial charge in [0.1, 0.15) is 0 Å². The minimum atomic E-state index is 0.489. The molecule has 0 saturated heterocycles. The summed E-state index contributed by atoms with van der Waals surface area (Å²) in [5, 5.41) is 0. The summed E-state index contributed by atoms with van der Waals surface area (Å²) in [6, 6.07) is 0. The number of nitrogens with two attached hydrogens (primary N) is 1. The molecule has 1 aliphatic carbocycles. The van der Waals surface area contributed by atoms with Gasteiger partial charge in [0.2, 0.25) is 0 Å². The summed E-state index contributed by atoms with van der Waals surface area (Å²) >= 11 is 0.489. The fourth-order valence-corrected chi connectivity index (χ4v) is 4.05. The van der Waals surface area contributed by atoms with Crippen molar-refractivity contribution in [2.24, 2.45) is 17.6 Å². The van der Waals surface area contributed by atoms with Crippen molar-refractivity contribution in [3.63, 3.8) is 0 Å². The zero-order chi connectivity index (χ0) is 7.40. The molecule has 2 atom stereocenters. The van der Waals surface area contributed by atoms with Crippen LogP contribution in [0.4, 0.5) is 0 Å². The molecule has 1 saturated carbocycles. The van der Waals surface area contributed by atoms with Gasteiger partial charge in [-0.05, 0) is 0 Å². The topological polar surface area (TPSA) is 26.0 Å². The molecule has 0 heterocycles. The number of halogens is 1. The molecular formula is C8H17IN-. The Morgan fingerprint density at radius 2 is 2.30 bits per heavy atom. The molecule has 0 spiro atoms. The first-order valence-electron chi connectivity index (χ1n) is 4.12. The fourth-order valence-electron chi connectivity index (χ4n) is 1.29. The molecule has 0 amide bonds. The number of rotatable bonds is 5.